The highest BCUT2D eigenvalue weighted by atomic mass is 32.2. The fourth-order valence-corrected chi connectivity index (χ4v) is 6.41. The molecule has 0 atom stereocenters. The van der Waals surface area contributed by atoms with Crippen LogP contribution >= 0.6 is 11.3 Å². The number of nitrogens with two attached hydrogens (primary N) is 1. The van der Waals surface area contributed by atoms with E-state index in [0.717, 1.165) is 18.2 Å². The number of halogens is 3. The second kappa shape index (κ2) is 8.57. The lowest BCUT2D eigenvalue weighted by Crippen LogP contribution is -2.40. The number of carbonyl (C=O) groups is 2. The molecule has 168 valence electrons. The van der Waals surface area contributed by atoms with Crippen LogP contribution in [0, 0.1) is 6.92 Å². The first-order chi connectivity index (χ1) is 14.4. The number of anilines is 1. The first-order valence-electron chi connectivity index (χ1n) is 8.93. The van der Waals surface area contributed by atoms with Crippen molar-refractivity contribution in [3.8, 4) is 0 Å². The molecule has 0 saturated carbocycles. The molecule has 2 amide bonds. The van der Waals surface area contributed by atoms with Gasteiger partial charge in [-0.2, -0.15) is 17.5 Å². The van der Waals surface area contributed by atoms with Crippen LogP contribution in [0.2, 0.25) is 0 Å². The summed E-state index contributed by atoms with van der Waals surface area (Å²) in [6.07, 6.45) is -4.78. The molecule has 2 aromatic rings. The Morgan fingerprint density at radius 2 is 1.81 bits per heavy atom. The van der Waals surface area contributed by atoms with Crippen LogP contribution < -0.4 is 11.1 Å². The van der Waals surface area contributed by atoms with Crippen LogP contribution in [0.15, 0.2) is 28.5 Å². The van der Waals surface area contributed by atoms with Crippen molar-refractivity contribution >= 4 is 38.2 Å². The van der Waals surface area contributed by atoms with Gasteiger partial charge in [0.15, 0.2) is 0 Å². The third-order valence-corrected chi connectivity index (χ3v) is 8.30. The topological polar surface area (TPSA) is 119 Å². The van der Waals surface area contributed by atoms with Crippen LogP contribution in [0.1, 0.15) is 31.8 Å². The Bertz CT molecular complexity index is 1120. The van der Waals surface area contributed by atoms with Crippen molar-refractivity contribution in [2.24, 2.45) is 5.73 Å². The molecule has 1 aromatic carbocycles. The minimum atomic E-state index is -4.78. The lowest BCUT2D eigenvalue weighted by molar-refractivity contribution is -0.137. The zero-order chi connectivity index (χ0) is 23.0. The van der Waals surface area contributed by atoms with Gasteiger partial charge in [-0.1, -0.05) is 12.1 Å². The van der Waals surface area contributed by atoms with Gasteiger partial charge in [0.25, 0.3) is 21.8 Å². The minimum absolute atomic E-state index is 0.0170. The van der Waals surface area contributed by atoms with Gasteiger partial charge < -0.3 is 15.8 Å². The molecule has 1 aliphatic heterocycles. The Morgan fingerprint density at radius 1 is 1.19 bits per heavy atom. The second-order valence-corrected chi connectivity index (χ2v) is 9.75. The van der Waals surface area contributed by atoms with Gasteiger partial charge in [-0.25, -0.2) is 8.42 Å². The summed E-state index contributed by atoms with van der Waals surface area (Å²) in [7, 11) is -4.03. The van der Waals surface area contributed by atoms with Crippen LogP contribution in [0.3, 0.4) is 0 Å². The Kier molecular flexibility index (Phi) is 6.41. The van der Waals surface area contributed by atoms with E-state index in [4.69, 9.17) is 10.5 Å². The zero-order valence-electron chi connectivity index (χ0n) is 16.2. The van der Waals surface area contributed by atoms with Gasteiger partial charge in [0.2, 0.25) is 0 Å². The monoisotopic (exact) mass is 477 g/mol. The number of ether oxygens (including phenoxy) is 1. The number of alkyl halides is 3. The van der Waals surface area contributed by atoms with Crippen molar-refractivity contribution in [1.29, 1.82) is 0 Å². The number of primary amides is 1. The van der Waals surface area contributed by atoms with E-state index in [0.29, 0.717) is 11.3 Å². The molecular formula is C18H18F3N3O5S2. The number of nitrogens with one attached hydrogen (secondary N) is 1. The third-order valence-electron chi connectivity index (χ3n) is 4.60. The number of amides is 2. The highest BCUT2D eigenvalue weighted by molar-refractivity contribution is 7.91. The van der Waals surface area contributed by atoms with Crippen molar-refractivity contribution in [2.45, 2.75) is 17.3 Å². The Balaban J connectivity index is 2.02. The molecule has 0 bridgehead atoms. The lowest BCUT2D eigenvalue weighted by Gasteiger charge is -2.25. The van der Waals surface area contributed by atoms with Gasteiger partial charge in [0.05, 0.1) is 29.9 Å². The van der Waals surface area contributed by atoms with E-state index >= 15 is 0 Å². The molecule has 31 heavy (non-hydrogen) atoms. The van der Waals surface area contributed by atoms with Crippen molar-refractivity contribution in [3.63, 3.8) is 0 Å². The number of hydrogen-bond acceptors (Lipinski definition) is 6. The van der Waals surface area contributed by atoms with Gasteiger partial charge in [-0.15, -0.1) is 11.3 Å². The molecule has 1 aromatic heterocycles. The van der Waals surface area contributed by atoms with Gasteiger partial charge in [-0.05, 0) is 24.6 Å². The SMILES string of the molecule is Cc1c(S(=O)(=O)N2CCOCC2)sc(NC(=O)c2ccccc2C(F)(F)F)c1C(N)=O. The molecule has 0 unspecified atom stereocenters. The smallest absolute Gasteiger partial charge is 0.379 e. The highest BCUT2D eigenvalue weighted by Crippen LogP contribution is 2.38. The summed E-state index contributed by atoms with van der Waals surface area (Å²) in [6.45, 7) is 1.95. The predicted octanol–water partition coefficient (Wildman–Crippen LogP) is 2.45. The molecule has 1 aliphatic rings. The number of benzene rings is 1. The van der Waals surface area contributed by atoms with E-state index in [-0.39, 0.29) is 46.6 Å². The van der Waals surface area contributed by atoms with E-state index in [2.05, 4.69) is 5.32 Å². The van der Waals surface area contributed by atoms with Crippen LogP contribution in [0.5, 0.6) is 0 Å². The van der Waals surface area contributed by atoms with Crippen molar-refractivity contribution < 1.29 is 35.9 Å². The number of rotatable bonds is 5. The van der Waals surface area contributed by atoms with Gasteiger partial charge in [0.1, 0.15) is 9.21 Å². The number of sulfonamides is 1. The van der Waals surface area contributed by atoms with E-state index in [1.165, 1.54) is 17.3 Å². The standard InChI is InChI=1S/C18H18F3N3O5S2/c1-10-13(14(22)25)16(30-17(10)31(27,28)24-6-8-29-9-7-24)23-15(26)11-4-2-3-5-12(11)18(19,20)21/h2-5H,6-9H2,1H3,(H2,22,25)(H,23,26). The summed E-state index contributed by atoms with van der Waals surface area (Å²) in [5.41, 5.74) is 3.28. The number of hydrogen-bond donors (Lipinski definition) is 2. The molecule has 0 spiro atoms. The molecule has 13 heteroatoms. The Hall–Kier alpha value is -2.48. The first-order valence-corrected chi connectivity index (χ1v) is 11.2. The molecule has 0 aliphatic carbocycles. The molecule has 8 nitrogen and oxygen atoms in total. The maximum atomic E-state index is 13.2. The van der Waals surface area contributed by atoms with Gasteiger partial charge >= 0.3 is 6.18 Å². The molecule has 1 fully saturated rings. The van der Waals surface area contributed by atoms with Crippen LogP contribution in [-0.4, -0.2) is 50.8 Å². The summed E-state index contributed by atoms with van der Waals surface area (Å²) < 4.78 is 71.8. The first kappa shape index (κ1) is 23.2. The number of thiophene rings is 1. The predicted molar refractivity (Wildman–Crippen MR) is 107 cm³/mol. The third kappa shape index (κ3) is 4.59. The van der Waals surface area contributed by atoms with Crippen LogP contribution in [0.25, 0.3) is 0 Å². The fraction of sp³-hybridized carbons (Fsp3) is 0.333. The minimum Gasteiger partial charge on any atom is -0.379 e. The molecule has 3 rings (SSSR count). The molecule has 0 radical (unpaired) electrons. The van der Waals surface area contributed by atoms with Crippen molar-refractivity contribution in [1.82, 2.24) is 4.31 Å². The van der Waals surface area contributed by atoms with E-state index in [1.807, 2.05) is 0 Å². The number of carbonyl (C=O) groups excluding carboxylic acids is 2. The van der Waals surface area contributed by atoms with Crippen molar-refractivity contribution in [2.75, 3.05) is 31.6 Å². The Labute approximate surface area is 179 Å². The molecule has 1 saturated heterocycles. The van der Waals surface area contributed by atoms with Crippen LogP contribution in [-0.2, 0) is 20.9 Å². The largest absolute Gasteiger partial charge is 0.417 e. The fourth-order valence-electron chi connectivity index (χ4n) is 3.13. The lowest BCUT2D eigenvalue weighted by atomic mass is 10.1. The molecule has 2 heterocycles. The maximum Gasteiger partial charge on any atom is 0.417 e. The number of nitrogens with zero attached hydrogens (tertiary/aromatic N) is 1. The average Bonchev–Trinajstić information content (AvgIpc) is 3.04. The van der Waals surface area contributed by atoms with Crippen molar-refractivity contribution in [3.05, 3.63) is 46.5 Å². The maximum absolute atomic E-state index is 13.2. The summed E-state index contributed by atoms with van der Waals surface area (Å²) in [5.74, 6) is -2.16. The second-order valence-electron chi connectivity index (χ2n) is 6.60. The summed E-state index contributed by atoms with van der Waals surface area (Å²) in [4.78, 5) is 24.6. The summed E-state index contributed by atoms with van der Waals surface area (Å²) >= 11 is 0.567. The summed E-state index contributed by atoms with van der Waals surface area (Å²) in [6, 6.07) is 4.12. The van der Waals surface area contributed by atoms with E-state index < -0.39 is 39.1 Å². The number of morpholine rings is 1. The molecule has 3 N–H and O–H groups in total. The van der Waals surface area contributed by atoms with Crippen LogP contribution in [0.4, 0.5) is 18.2 Å². The van der Waals surface area contributed by atoms with E-state index in [1.54, 1.807) is 0 Å². The summed E-state index contributed by atoms with van der Waals surface area (Å²) in [5, 5.41) is 1.99. The van der Waals surface area contributed by atoms with Gasteiger partial charge in [-0.3, -0.25) is 9.59 Å². The normalized spacial score (nSPS) is 15.6. The quantitative estimate of drug-likeness (QED) is 0.686. The Morgan fingerprint density at radius 3 is 2.39 bits per heavy atom. The molecular weight excluding hydrogens is 459 g/mol. The highest BCUT2D eigenvalue weighted by Gasteiger charge is 2.36. The van der Waals surface area contributed by atoms with E-state index in [9.17, 15) is 31.2 Å². The average molecular weight is 477 g/mol. The zero-order valence-corrected chi connectivity index (χ0v) is 17.8. The van der Waals surface area contributed by atoms with Gasteiger partial charge in [0, 0.05) is 13.1 Å².